The Balaban J connectivity index is 1.98. The molecule has 0 aromatic carbocycles. The van der Waals surface area contributed by atoms with E-state index in [2.05, 4.69) is 24.1 Å². The maximum atomic E-state index is 13.1. The number of amides is 1. The highest BCUT2D eigenvalue weighted by Crippen LogP contribution is 2.34. The predicted octanol–water partition coefficient (Wildman–Crippen LogP) is 2.57. The number of rotatable bonds is 6. The number of piperidine rings is 2. The number of carbonyl (C=O) groups is 1. The van der Waals surface area contributed by atoms with Crippen LogP contribution < -0.4 is 5.32 Å². The van der Waals surface area contributed by atoms with Crippen LogP contribution in [0.3, 0.4) is 0 Å². The first kappa shape index (κ1) is 16.8. The minimum atomic E-state index is -0.153. The minimum absolute atomic E-state index is 0.153. The molecule has 0 radical (unpaired) electrons. The number of likely N-dealkylation sites (tertiary alicyclic amines) is 1. The number of nitrogens with zero attached hydrogens (tertiary/aromatic N) is 1. The molecule has 4 heteroatoms. The Hall–Kier alpha value is -0.610. The first-order valence-electron chi connectivity index (χ1n) is 8.83. The lowest BCUT2D eigenvalue weighted by Gasteiger charge is -2.42. The van der Waals surface area contributed by atoms with E-state index in [-0.39, 0.29) is 11.5 Å². The zero-order chi connectivity index (χ0) is 15.1. The van der Waals surface area contributed by atoms with Gasteiger partial charge in [0.05, 0.1) is 11.5 Å². The van der Waals surface area contributed by atoms with Gasteiger partial charge in [0.15, 0.2) is 0 Å². The summed E-state index contributed by atoms with van der Waals surface area (Å²) < 4.78 is 5.88. The number of hydrogen-bond acceptors (Lipinski definition) is 3. The standard InChI is InChI=1S/C17H32N2O2/c1-3-8-17(9-6-10-18-14-17)16(20)19-11-5-7-15(13-19)21-12-4-2/h15,18H,3-14H2,1-2H3. The number of carbonyl (C=O) groups excluding carboxylic acids is 1. The Morgan fingerprint density at radius 1 is 1.33 bits per heavy atom. The lowest BCUT2D eigenvalue weighted by atomic mass is 9.75. The molecule has 0 spiro atoms. The molecule has 1 N–H and O–H groups in total. The van der Waals surface area contributed by atoms with Gasteiger partial charge in [0.2, 0.25) is 5.91 Å². The zero-order valence-electron chi connectivity index (χ0n) is 13.8. The monoisotopic (exact) mass is 296 g/mol. The molecule has 0 aliphatic carbocycles. The molecule has 0 saturated carbocycles. The third kappa shape index (κ3) is 4.19. The Morgan fingerprint density at radius 2 is 2.19 bits per heavy atom. The van der Waals surface area contributed by atoms with Gasteiger partial charge in [-0.1, -0.05) is 20.3 Å². The average Bonchev–Trinajstić information content (AvgIpc) is 2.53. The lowest BCUT2D eigenvalue weighted by molar-refractivity contribution is -0.148. The van der Waals surface area contributed by atoms with E-state index >= 15 is 0 Å². The lowest BCUT2D eigenvalue weighted by Crippen LogP contribution is -2.55. The zero-order valence-corrected chi connectivity index (χ0v) is 13.8. The molecule has 21 heavy (non-hydrogen) atoms. The first-order valence-corrected chi connectivity index (χ1v) is 8.83. The Kier molecular flexibility index (Phi) is 6.49. The summed E-state index contributed by atoms with van der Waals surface area (Å²) in [6.07, 6.45) is 7.73. The largest absolute Gasteiger partial charge is 0.376 e. The third-order valence-electron chi connectivity index (χ3n) is 4.88. The summed E-state index contributed by atoms with van der Waals surface area (Å²) in [6.45, 7) is 8.76. The van der Waals surface area contributed by atoms with Crippen LogP contribution in [0.25, 0.3) is 0 Å². The maximum Gasteiger partial charge on any atom is 0.230 e. The minimum Gasteiger partial charge on any atom is -0.376 e. The van der Waals surface area contributed by atoms with Crippen molar-refractivity contribution in [2.75, 3.05) is 32.8 Å². The smallest absolute Gasteiger partial charge is 0.230 e. The highest BCUT2D eigenvalue weighted by Gasteiger charge is 2.42. The van der Waals surface area contributed by atoms with Gasteiger partial charge in [-0.15, -0.1) is 0 Å². The Bertz CT molecular complexity index is 321. The van der Waals surface area contributed by atoms with Crippen LogP contribution in [-0.4, -0.2) is 49.7 Å². The van der Waals surface area contributed by atoms with Crippen molar-refractivity contribution in [2.45, 2.75) is 64.9 Å². The first-order chi connectivity index (χ1) is 10.2. The molecule has 2 fully saturated rings. The molecule has 4 nitrogen and oxygen atoms in total. The van der Waals surface area contributed by atoms with E-state index in [1.165, 1.54) is 0 Å². The normalized spacial score (nSPS) is 30.4. The quantitative estimate of drug-likeness (QED) is 0.819. The predicted molar refractivity (Wildman–Crippen MR) is 85.3 cm³/mol. The van der Waals surface area contributed by atoms with E-state index in [1.807, 2.05) is 0 Å². The summed E-state index contributed by atoms with van der Waals surface area (Å²) in [5.74, 6) is 0.376. The topological polar surface area (TPSA) is 41.6 Å². The molecule has 2 unspecified atom stereocenters. The van der Waals surface area contributed by atoms with E-state index in [4.69, 9.17) is 4.74 Å². The van der Waals surface area contributed by atoms with Crippen molar-refractivity contribution in [1.82, 2.24) is 10.2 Å². The van der Waals surface area contributed by atoms with E-state index in [0.717, 1.165) is 77.7 Å². The molecule has 2 rings (SSSR count). The molecule has 2 aliphatic heterocycles. The second-order valence-electron chi connectivity index (χ2n) is 6.70. The average molecular weight is 296 g/mol. The van der Waals surface area contributed by atoms with Gasteiger partial charge in [-0.2, -0.15) is 0 Å². The van der Waals surface area contributed by atoms with Crippen LogP contribution >= 0.6 is 0 Å². The maximum absolute atomic E-state index is 13.1. The van der Waals surface area contributed by atoms with Crippen molar-refractivity contribution < 1.29 is 9.53 Å². The van der Waals surface area contributed by atoms with Crippen LogP contribution in [0.2, 0.25) is 0 Å². The summed E-state index contributed by atoms with van der Waals surface area (Å²) in [4.78, 5) is 15.2. The van der Waals surface area contributed by atoms with Crippen LogP contribution in [0.15, 0.2) is 0 Å². The highest BCUT2D eigenvalue weighted by molar-refractivity contribution is 5.83. The molecular formula is C17H32N2O2. The van der Waals surface area contributed by atoms with Crippen LogP contribution in [-0.2, 0) is 9.53 Å². The van der Waals surface area contributed by atoms with E-state index in [0.29, 0.717) is 5.91 Å². The van der Waals surface area contributed by atoms with Gasteiger partial charge in [-0.3, -0.25) is 4.79 Å². The van der Waals surface area contributed by atoms with Gasteiger partial charge in [0.1, 0.15) is 0 Å². The van der Waals surface area contributed by atoms with Crippen molar-refractivity contribution in [3.8, 4) is 0 Å². The third-order valence-corrected chi connectivity index (χ3v) is 4.88. The Morgan fingerprint density at radius 3 is 2.86 bits per heavy atom. The molecule has 1 amide bonds. The fourth-order valence-corrected chi connectivity index (χ4v) is 3.83. The number of hydrogen-bond donors (Lipinski definition) is 1. The molecule has 2 atom stereocenters. The van der Waals surface area contributed by atoms with Crippen molar-refractivity contribution in [3.63, 3.8) is 0 Å². The second kappa shape index (κ2) is 8.14. The summed E-state index contributed by atoms with van der Waals surface area (Å²) >= 11 is 0. The van der Waals surface area contributed by atoms with E-state index in [1.54, 1.807) is 0 Å². The van der Waals surface area contributed by atoms with Gasteiger partial charge < -0.3 is 15.0 Å². The Labute approximate surface area is 129 Å². The summed E-state index contributed by atoms with van der Waals surface area (Å²) in [5.41, 5.74) is -0.153. The number of ether oxygens (including phenoxy) is 1. The van der Waals surface area contributed by atoms with E-state index in [9.17, 15) is 4.79 Å². The second-order valence-corrected chi connectivity index (χ2v) is 6.70. The molecular weight excluding hydrogens is 264 g/mol. The fraction of sp³-hybridized carbons (Fsp3) is 0.941. The molecule has 122 valence electrons. The van der Waals surface area contributed by atoms with Crippen molar-refractivity contribution >= 4 is 5.91 Å². The number of nitrogens with one attached hydrogen (secondary N) is 1. The van der Waals surface area contributed by atoms with Crippen LogP contribution in [0.5, 0.6) is 0 Å². The summed E-state index contributed by atoms with van der Waals surface area (Å²) in [5, 5.41) is 3.45. The molecule has 2 saturated heterocycles. The van der Waals surface area contributed by atoms with Crippen LogP contribution in [0, 0.1) is 5.41 Å². The SMILES string of the molecule is CCCOC1CCCN(C(=O)C2(CCC)CCCNC2)C1. The van der Waals surface area contributed by atoms with Gasteiger partial charge in [0.25, 0.3) is 0 Å². The van der Waals surface area contributed by atoms with Crippen LogP contribution in [0.4, 0.5) is 0 Å². The van der Waals surface area contributed by atoms with Gasteiger partial charge in [0, 0.05) is 26.2 Å². The molecule has 2 aliphatic rings. The van der Waals surface area contributed by atoms with Gasteiger partial charge in [-0.05, 0) is 45.1 Å². The van der Waals surface area contributed by atoms with Crippen molar-refractivity contribution in [3.05, 3.63) is 0 Å². The van der Waals surface area contributed by atoms with Crippen molar-refractivity contribution in [2.24, 2.45) is 5.41 Å². The van der Waals surface area contributed by atoms with Gasteiger partial charge >= 0.3 is 0 Å². The molecule has 2 heterocycles. The fourth-order valence-electron chi connectivity index (χ4n) is 3.83. The molecule has 0 aromatic heterocycles. The highest BCUT2D eigenvalue weighted by atomic mass is 16.5. The summed E-state index contributed by atoms with van der Waals surface area (Å²) in [6, 6.07) is 0. The summed E-state index contributed by atoms with van der Waals surface area (Å²) in [7, 11) is 0. The van der Waals surface area contributed by atoms with Crippen LogP contribution in [0.1, 0.15) is 58.8 Å². The molecule has 0 bridgehead atoms. The molecule has 0 aromatic rings. The van der Waals surface area contributed by atoms with Gasteiger partial charge in [-0.25, -0.2) is 0 Å². The van der Waals surface area contributed by atoms with E-state index < -0.39 is 0 Å². The van der Waals surface area contributed by atoms with Crippen molar-refractivity contribution in [1.29, 1.82) is 0 Å².